The molecule has 0 bridgehead atoms. The molecule has 0 saturated carbocycles. The van der Waals surface area contributed by atoms with E-state index in [4.69, 9.17) is 20.8 Å². The molecule has 0 fully saturated rings. The first-order chi connectivity index (χ1) is 13.9. The van der Waals surface area contributed by atoms with Gasteiger partial charge in [-0.2, -0.15) is 5.26 Å². The molecule has 0 aliphatic rings. The second kappa shape index (κ2) is 9.13. The standard InChI is InChI=1S/C23H19ClN2O3/c1-15(2)28-20-8-4-7-19(13-20)26-23(27)17(14-25)12-21-9-10-22(29-21)16-5-3-6-18(24)11-16/h3-13,15H,1-2H3,(H,26,27)/b17-12-. The summed E-state index contributed by atoms with van der Waals surface area (Å²) in [4.78, 5) is 12.5. The number of nitrogens with one attached hydrogen (secondary N) is 1. The molecule has 146 valence electrons. The van der Waals surface area contributed by atoms with Crippen molar-refractivity contribution in [1.82, 2.24) is 0 Å². The van der Waals surface area contributed by atoms with Crippen LogP contribution < -0.4 is 10.1 Å². The van der Waals surface area contributed by atoms with E-state index in [1.54, 1.807) is 48.5 Å². The summed E-state index contributed by atoms with van der Waals surface area (Å²) in [6, 6.07) is 19.6. The van der Waals surface area contributed by atoms with E-state index < -0.39 is 5.91 Å². The number of amides is 1. The van der Waals surface area contributed by atoms with Crippen molar-refractivity contribution in [2.45, 2.75) is 20.0 Å². The number of ether oxygens (including phenoxy) is 1. The predicted molar refractivity (Wildman–Crippen MR) is 114 cm³/mol. The highest BCUT2D eigenvalue weighted by Gasteiger charge is 2.12. The average molecular weight is 407 g/mol. The summed E-state index contributed by atoms with van der Waals surface area (Å²) < 4.78 is 11.4. The fourth-order valence-electron chi connectivity index (χ4n) is 2.64. The molecular formula is C23H19ClN2O3. The molecule has 0 saturated heterocycles. The molecule has 0 spiro atoms. The van der Waals surface area contributed by atoms with Gasteiger partial charge in [-0.15, -0.1) is 0 Å². The van der Waals surface area contributed by atoms with Crippen molar-refractivity contribution in [2.75, 3.05) is 5.32 Å². The number of nitrogens with zero attached hydrogens (tertiary/aromatic N) is 1. The SMILES string of the molecule is CC(C)Oc1cccc(NC(=O)/C(C#N)=C\c2ccc(-c3cccc(Cl)c3)o2)c1. The van der Waals surface area contributed by atoms with Gasteiger partial charge < -0.3 is 14.5 Å². The fourth-order valence-corrected chi connectivity index (χ4v) is 2.83. The molecule has 2 aromatic carbocycles. The molecule has 0 unspecified atom stereocenters. The van der Waals surface area contributed by atoms with E-state index in [1.165, 1.54) is 6.08 Å². The zero-order valence-corrected chi connectivity index (χ0v) is 16.7. The van der Waals surface area contributed by atoms with Gasteiger partial charge in [0.25, 0.3) is 5.91 Å². The van der Waals surface area contributed by atoms with Gasteiger partial charge in [-0.05, 0) is 50.2 Å². The third-order valence-corrected chi connectivity index (χ3v) is 4.09. The summed E-state index contributed by atoms with van der Waals surface area (Å²) in [6.07, 6.45) is 1.42. The highest BCUT2D eigenvalue weighted by molar-refractivity contribution is 6.30. The largest absolute Gasteiger partial charge is 0.491 e. The van der Waals surface area contributed by atoms with Crippen molar-refractivity contribution in [1.29, 1.82) is 5.26 Å². The Morgan fingerprint density at radius 3 is 2.69 bits per heavy atom. The lowest BCUT2D eigenvalue weighted by atomic mass is 10.2. The Bertz CT molecular complexity index is 1090. The lowest BCUT2D eigenvalue weighted by Crippen LogP contribution is -2.13. The third kappa shape index (κ3) is 5.50. The summed E-state index contributed by atoms with van der Waals surface area (Å²) in [5.74, 6) is 1.09. The minimum absolute atomic E-state index is 0.0168. The predicted octanol–water partition coefficient (Wildman–Crippen LogP) is 5.93. The number of nitriles is 1. The lowest BCUT2D eigenvalue weighted by molar-refractivity contribution is -0.112. The minimum Gasteiger partial charge on any atom is -0.491 e. The van der Waals surface area contributed by atoms with Gasteiger partial charge in [0, 0.05) is 28.4 Å². The Labute approximate surface area is 174 Å². The van der Waals surface area contributed by atoms with Gasteiger partial charge in [0.05, 0.1) is 6.10 Å². The number of hydrogen-bond donors (Lipinski definition) is 1. The lowest BCUT2D eigenvalue weighted by Gasteiger charge is -2.11. The number of hydrogen-bond acceptors (Lipinski definition) is 4. The van der Waals surface area contributed by atoms with Gasteiger partial charge in [0.1, 0.15) is 28.9 Å². The molecular weight excluding hydrogens is 388 g/mol. The van der Waals surface area contributed by atoms with Gasteiger partial charge in [-0.3, -0.25) is 4.79 Å². The zero-order valence-electron chi connectivity index (χ0n) is 16.0. The van der Waals surface area contributed by atoms with Crippen LogP contribution in [0.1, 0.15) is 19.6 Å². The maximum Gasteiger partial charge on any atom is 0.266 e. The summed E-state index contributed by atoms with van der Waals surface area (Å²) in [6.45, 7) is 3.84. The van der Waals surface area contributed by atoms with Crippen LogP contribution in [0.2, 0.25) is 5.02 Å². The van der Waals surface area contributed by atoms with Crippen LogP contribution in [0.15, 0.2) is 70.7 Å². The van der Waals surface area contributed by atoms with Crippen LogP contribution in [0.3, 0.4) is 0 Å². The Balaban J connectivity index is 1.76. The second-order valence-corrected chi connectivity index (χ2v) is 6.97. The fraction of sp³-hybridized carbons (Fsp3) is 0.130. The summed E-state index contributed by atoms with van der Waals surface area (Å²) in [7, 11) is 0. The number of anilines is 1. The third-order valence-electron chi connectivity index (χ3n) is 3.85. The maximum absolute atomic E-state index is 12.5. The highest BCUT2D eigenvalue weighted by Crippen LogP contribution is 2.26. The van der Waals surface area contributed by atoms with Gasteiger partial charge in [0.2, 0.25) is 0 Å². The van der Waals surface area contributed by atoms with Crippen LogP contribution in [0.25, 0.3) is 17.4 Å². The average Bonchev–Trinajstić information content (AvgIpc) is 3.14. The Morgan fingerprint density at radius 1 is 1.17 bits per heavy atom. The van der Waals surface area contributed by atoms with Crippen LogP contribution in [0.5, 0.6) is 5.75 Å². The number of benzene rings is 2. The van der Waals surface area contributed by atoms with Gasteiger partial charge in [-0.1, -0.05) is 29.8 Å². The van der Waals surface area contributed by atoms with Gasteiger partial charge in [0.15, 0.2) is 0 Å². The first-order valence-electron chi connectivity index (χ1n) is 9.00. The second-order valence-electron chi connectivity index (χ2n) is 6.53. The molecule has 0 radical (unpaired) electrons. The number of furan rings is 1. The molecule has 1 amide bonds. The molecule has 5 nitrogen and oxygen atoms in total. The molecule has 0 aliphatic carbocycles. The van der Waals surface area contributed by atoms with Crippen molar-refractivity contribution in [3.8, 4) is 23.1 Å². The molecule has 0 aliphatic heterocycles. The first-order valence-corrected chi connectivity index (χ1v) is 9.38. The number of rotatable bonds is 6. The van der Waals surface area contributed by atoms with Crippen molar-refractivity contribution in [3.05, 3.63) is 77.0 Å². The summed E-state index contributed by atoms with van der Waals surface area (Å²) in [5, 5.41) is 12.7. The number of carbonyl (C=O) groups excluding carboxylic acids is 1. The van der Waals surface area contributed by atoms with Crippen molar-refractivity contribution < 1.29 is 13.9 Å². The molecule has 3 aromatic rings. The number of halogens is 1. The summed E-state index contributed by atoms with van der Waals surface area (Å²) in [5.41, 5.74) is 1.27. The normalized spacial score (nSPS) is 11.2. The molecule has 1 N–H and O–H groups in total. The molecule has 6 heteroatoms. The van der Waals surface area contributed by atoms with E-state index in [1.807, 2.05) is 32.0 Å². The smallest absolute Gasteiger partial charge is 0.266 e. The Hall–Kier alpha value is -3.49. The minimum atomic E-state index is -0.532. The van der Waals surface area contributed by atoms with Crippen LogP contribution in [0, 0.1) is 11.3 Å². The van der Waals surface area contributed by atoms with Crippen molar-refractivity contribution in [2.24, 2.45) is 0 Å². The van der Waals surface area contributed by atoms with E-state index in [0.717, 1.165) is 5.56 Å². The quantitative estimate of drug-likeness (QED) is 0.406. The van der Waals surface area contributed by atoms with Gasteiger partial charge >= 0.3 is 0 Å². The first kappa shape index (κ1) is 20.2. The van der Waals surface area contributed by atoms with Crippen LogP contribution in [-0.2, 0) is 4.79 Å². The van der Waals surface area contributed by atoms with E-state index >= 15 is 0 Å². The molecule has 29 heavy (non-hydrogen) atoms. The van der Waals surface area contributed by atoms with Crippen LogP contribution in [-0.4, -0.2) is 12.0 Å². The summed E-state index contributed by atoms with van der Waals surface area (Å²) >= 11 is 6.01. The molecule has 1 aromatic heterocycles. The molecule has 3 rings (SSSR count). The Morgan fingerprint density at radius 2 is 1.97 bits per heavy atom. The van der Waals surface area contributed by atoms with Crippen molar-refractivity contribution in [3.63, 3.8) is 0 Å². The van der Waals surface area contributed by atoms with Gasteiger partial charge in [-0.25, -0.2) is 0 Å². The Kier molecular flexibility index (Phi) is 6.38. The molecule has 0 atom stereocenters. The van der Waals surface area contributed by atoms with Crippen LogP contribution >= 0.6 is 11.6 Å². The highest BCUT2D eigenvalue weighted by atomic mass is 35.5. The monoisotopic (exact) mass is 406 g/mol. The van der Waals surface area contributed by atoms with Crippen LogP contribution in [0.4, 0.5) is 5.69 Å². The van der Waals surface area contributed by atoms with E-state index in [2.05, 4.69) is 5.32 Å². The van der Waals surface area contributed by atoms with Crippen molar-refractivity contribution >= 4 is 29.3 Å². The zero-order chi connectivity index (χ0) is 20.8. The van der Waals surface area contributed by atoms with E-state index in [-0.39, 0.29) is 11.7 Å². The maximum atomic E-state index is 12.5. The molecule has 1 heterocycles. The number of carbonyl (C=O) groups is 1. The van der Waals surface area contributed by atoms with E-state index in [9.17, 15) is 10.1 Å². The van der Waals surface area contributed by atoms with E-state index in [0.29, 0.717) is 28.0 Å². The topological polar surface area (TPSA) is 75.3 Å².